The molecule has 0 saturated heterocycles. The Morgan fingerprint density at radius 1 is 1.21 bits per heavy atom. The molecule has 4 rings (SSSR count). The minimum atomic E-state index is -0.288. The molecule has 9 heteroatoms. The fourth-order valence-electron chi connectivity index (χ4n) is 3.76. The van der Waals surface area contributed by atoms with E-state index in [1.54, 1.807) is 7.11 Å². The van der Waals surface area contributed by atoms with Gasteiger partial charge in [0.05, 0.1) is 24.8 Å². The van der Waals surface area contributed by atoms with Gasteiger partial charge in [0.2, 0.25) is 5.82 Å². The van der Waals surface area contributed by atoms with Crippen LogP contribution < -0.4 is 10.1 Å². The van der Waals surface area contributed by atoms with Crippen LogP contribution in [-0.4, -0.2) is 47.0 Å². The first-order chi connectivity index (χ1) is 16.0. The molecule has 172 valence electrons. The zero-order chi connectivity index (χ0) is 23.4. The summed E-state index contributed by atoms with van der Waals surface area (Å²) in [5, 5.41) is 8.88. The van der Waals surface area contributed by atoms with E-state index in [9.17, 15) is 0 Å². The molecular weight excluding hydrogens is 460 g/mol. The van der Waals surface area contributed by atoms with Gasteiger partial charge in [0.15, 0.2) is 5.11 Å². The highest BCUT2D eigenvalue weighted by Gasteiger charge is 2.34. The number of rotatable bonds is 8. The topological polar surface area (TPSA) is 72.7 Å². The first-order valence-electron chi connectivity index (χ1n) is 10.6. The van der Waals surface area contributed by atoms with Crippen LogP contribution in [0.5, 0.6) is 5.75 Å². The van der Waals surface area contributed by atoms with E-state index in [4.69, 9.17) is 42.8 Å². The number of ether oxygens (including phenoxy) is 2. The molecular formula is C24H25ClN4O3S. The Hall–Kier alpha value is -2.94. The SMILES string of the molecule is CCOc1ccc(-c2noc(C3=C(C)N(CCOC)C(=S)NC3c3cccc(Cl)c3)n2)cc1. The van der Waals surface area contributed by atoms with Crippen LogP contribution in [0.3, 0.4) is 0 Å². The van der Waals surface area contributed by atoms with Gasteiger partial charge in [-0.25, -0.2) is 0 Å². The number of aromatic nitrogens is 2. The minimum Gasteiger partial charge on any atom is -0.494 e. The Morgan fingerprint density at radius 2 is 2.00 bits per heavy atom. The van der Waals surface area contributed by atoms with Gasteiger partial charge in [-0.2, -0.15) is 4.98 Å². The van der Waals surface area contributed by atoms with Gasteiger partial charge in [-0.1, -0.05) is 28.9 Å². The molecule has 0 bridgehead atoms. The van der Waals surface area contributed by atoms with Gasteiger partial charge in [0.25, 0.3) is 5.89 Å². The number of benzene rings is 2. The quantitative estimate of drug-likeness (QED) is 0.443. The highest BCUT2D eigenvalue weighted by molar-refractivity contribution is 7.80. The van der Waals surface area contributed by atoms with Crippen LogP contribution in [0.4, 0.5) is 0 Å². The van der Waals surface area contributed by atoms with Crippen LogP contribution in [0.25, 0.3) is 17.0 Å². The van der Waals surface area contributed by atoms with Crippen LogP contribution in [0, 0.1) is 0 Å². The summed E-state index contributed by atoms with van der Waals surface area (Å²) in [6.07, 6.45) is 0. The van der Waals surface area contributed by atoms with Gasteiger partial charge in [-0.15, -0.1) is 0 Å². The van der Waals surface area contributed by atoms with E-state index in [0.29, 0.717) is 41.6 Å². The zero-order valence-electron chi connectivity index (χ0n) is 18.7. The lowest BCUT2D eigenvalue weighted by atomic mass is 9.95. The molecule has 2 aromatic carbocycles. The Morgan fingerprint density at radius 3 is 2.70 bits per heavy atom. The van der Waals surface area contributed by atoms with Crippen LogP contribution >= 0.6 is 23.8 Å². The number of nitrogens with zero attached hydrogens (tertiary/aromatic N) is 3. The molecule has 7 nitrogen and oxygen atoms in total. The lowest BCUT2D eigenvalue weighted by molar-refractivity contribution is 0.183. The molecule has 0 fully saturated rings. The Labute approximate surface area is 203 Å². The van der Waals surface area contributed by atoms with Crippen LogP contribution in [0.15, 0.2) is 58.8 Å². The number of allylic oxidation sites excluding steroid dienone is 1. The first kappa shape index (κ1) is 23.2. The molecule has 0 spiro atoms. The second-order valence-electron chi connectivity index (χ2n) is 7.46. The number of methoxy groups -OCH3 is 1. The first-order valence-corrected chi connectivity index (χ1v) is 11.4. The van der Waals surface area contributed by atoms with E-state index < -0.39 is 0 Å². The number of nitrogens with one attached hydrogen (secondary N) is 1. The summed E-state index contributed by atoms with van der Waals surface area (Å²) >= 11 is 11.9. The summed E-state index contributed by atoms with van der Waals surface area (Å²) in [4.78, 5) is 6.70. The van der Waals surface area contributed by atoms with E-state index in [0.717, 1.165) is 28.1 Å². The third-order valence-electron chi connectivity index (χ3n) is 5.38. The third-order valence-corrected chi connectivity index (χ3v) is 5.95. The van der Waals surface area contributed by atoms with Crippen LogP contribution in [-0.2, 0) is 4.74 Å². The van der Waals surface area contributed by atoms with Crippen molar-refractivity contribution in [3.05, 3.63) is 70.7 Å². The van der Waals surface area contributed by atoms with Gasteiger partial charge >= 0.3 is 0 Å². The van der Waals surface area contributed by atoms with Gasteiger partial charge in [0, 0.05) is 29.9 Å². The van der Waals surface area contributed by atoms with E-state index in [-0.39, 0.29) is 6.04 Å². The van der Waals surface area contributed by atoms with Crippen molar-refractivity contribution in [3.63, 3.8) is 0 Å². The molecule has 1 aliphatic heterocycles. The standard InChI is InChI=1S/C24H25ClN4O3S/c1-4-31-19-10-8-16(9-11-19)22-27-23(32-28-22)20-15(2)29(12-13-30-3)24(33)26-21(20)17-6-5-7-18(25)14-17/h5-11,14,21H,4,12-13H2,1-3H3,(H,26,33). The summed E-state index contributed by atoms with van der Waals surface area (Å²) < 4.78 is 16.5. The van der Waals surface area contributed by atoms with Crippen molar-refractivity contribution in [2.75, 3.05) is 26.9 Å². The average Bonchev–Trinajstić information content (AvgIpc) is 3.29. The largest absolute Gasteiger partial charge is 0.494 e. The fraction of sp³-hybridized carbons (Fsp3) is 0.292. The van der Waals surface area contributed by atoms with E-state index >= 15 is 0 Å². The Balaban J connectivity index is 1.75. The summed E-state index contributed by atoms with van der Waals surface area (Å²) in [5.74, 6) is 1.71. The summed E-state index contributed by atoms with van der Waals surface area (Å²) in [7, 11) is 1.66. The number of hydrogen-bond acceptors (Lipinski definition) is 6. The van der Waals surface area contributed by atoms with E-state index in [2.05, 4.69) is 10.5 Å². The molecule has 0 aliphatic carbocycles. The summed E-state index contributed by atoms with van der Waals surface area (Å²) in [5.41, 5.74) is 3.54. The van der Waals surface area contributed by atoms with Gasteiger partial charge in [-0.05, 0) is 68.0 Å². The van der Waals surface area contributed by atoms with Crippen molar-refractivity contribution in [1.29, 1.82) is 0 Å². The molecule has 2 heterocycles. The molecule has 33 heavy (non-hydrogen) atoms. The van der Waals surface area contributed by atoms with E-state index in [1.807, 2.05) is 67.3 Å². The van der Waals surface area contributed by atoms with Gasteiger partial charge < -0.3 is 24.2 Å². The smallest absolute Gasteiger partial charge is 0.258 e. The maximum absolute atomic E-state index is 6.28. The maximum Gasteiger partial charge on any atom is 0.258 e. The molecule has 3 aromatic rings. The fourth-order valence-corrected chi connectivity index (χ4v) is 4.31. The maximum atomic E-state index is 6.28. The van der Waals surface area contributed by atoms with Crippen LogP contribution in [0.1, 0.15) is 31.3 Å². The lowest BCUT2D eigenvalue weighted by Crippen LogP contribution is -2.47. The molecule has 0 saturated carbocycles. The monoisotopic (exact) mass is 484 g/mol. The zero-order valence-corrected chi connectivity index (χ0v) is 20.2. The molecule has 0 amide bonds. The number of halogens is 1. The van der Waals surface area contributed by atoms with Gasteiger partial charge in [0.1, 0.15) is 5.75 Å². The molecule has 1 aliphatic rings. The molecule has 1 aromatic heterocycles. The van der Waals surface area contributed by atoms with Crippen molar-refractivity contribution < 1.29 is 14.0 Å². The van der Waals surface area contributed by atoms with Gasteiger partial charge in [-0.3, -0.25) is 0 Å². The molecule has 0 radical (unpaired) electrons. The van der Waals surface area contributed by atoms with Crippen molar-refractivity contribution >= 4 is 34.5 Å². The van der Waals surface area contributed by atoms with Crippen molar-refractivity contribution in [2.24, 2.45) is 0 Å². The highest BCUT2D eigenvalue weighted by Crippen LogP contribution is 2.38. The molecule has 1 N–H and O–H groups in total. The predicted molar refractivity (Wildman–Crippen MR) is 132 cm³/mol. The number of thiocarbonyl (C=S) groups is 1. The third kappa shape index (κ3) is 5.03. The molecule has 1 unspecified atom stereocenters. The summed E-state index contributed by atoms with van der Waals surface area (Å²) in [6.45, 7) is 5.68. The van der Waals surface area contributed by atoms with Crippen molar-refractivity contribution in [3.8, 4) is 17.1 Å². The Bertz CT molecular complexity index is 1160. The lowest BCUT2D eigenvalue weighted by Gasteiger charge is -2.37. The summed E-state index contributed by atoms with van der Waals surface area (Å²) in [6, 6.07) is 15.0. The molecule has 1 atom stereocenters. The second kappa shape index (κ2) is 10.3. The van der Waals surface area contributed by atoms with E-state index in [1.165, 1.54) is 0 Å². The van der Waals surface area contributed by atoms with Crippen molar-refractivity contribution in [2.45, 2.75) is 19.9 Å². The normalized spacial score (nSPS) is 16.2. The number of hydrogen-bond donors (Lipinski definition) is 1. The minimum absolute atomic E-state index is 0.288. The second-order valence-corrected chi connectivity index (χ2v) is 8.28. The average molecular weight is 485 g/mol. The van der Waals surface area contributed by atoms with Crippen molar-refractivity contribution in [1.82, 2.24) is 20.4 Å². The Kier molecular flexibility index (Phi) is 7.27. The van der Waals surface area contributed by atoms with Crippen LogP contribution in [0.2, 0.25) is 5.02 Å². The predicted octanol–water partition coefficient (Wildman–Crippen LogP) is 5.10. The highest BCUT2D eigenvalue weighted by atomic mass is 35.5.